The van der Waals surface area contributed by atoms with Gasteiger partial charge in [-0.3, -0.25) is 4.79 Å². The van der Waals surface area contributed by atoms with Crippen LogP contribution in [-0.2, 0) is 0 Å². The number of benzene rings is 2. The van der Waals surface area contributed by atoms with E-state index >= 15 is 0 Å². The summed E-state index contributed by atoms with van der Waals surface area (Å²) >= 11 is 0. The van der Waals surface area contributed by atoms with Crippen molar-refractivity contribution in [2.75, 3.05) is 26.7 Å². The molecule has 1 atom stereocenters. The monoisotopic (exact) mass is 337 g/mol. The topological polar surface area (TPSA) is 39.3 Å². The van der Waals surface area contributed by atoms with Crippen LogP contribution in [0.3, 0.4) is 0 Å². The smallest absolute Gasteiger partial charge is 0.270 e. The van der Waals surface area contributed by atoms with Crippen molar-refractivity contribution in [3.05, 3.63) is 71.7 Å². The van der Waals surface area contributed by atoms with Crippen LogP contribution in [0.25, 0.3) is 10.9 Å². The number of carbonyl (C=O) groups excluding carboxylic acids is 1. The average Bonchev–Trinajstić information content (AvgIpc) is 3.05. The summed E-state index contributed by atoms with van der Waals surface area (Å²) in [5, 5.41) is 0.716. The van der Waals surface area contributed by atoms with Crippen molar-refractivity contribution in [3.8, 4) is 0 Å². The van der Waals surface area contributed by atoms with E-state index in [4.69, 9.17) is 0 Å². The number of fused-ring (bicyclic) bond motifs is 1. The average molecular weight is 337 g/mol. The minimum atomic E-state index is -0.299. The molecule has 3 aromatic rings. The highest BCUT2D eigenvalue weighted by Gasteiger charge is 2.31. The molecule has 0 radical (unpaired) electrons. The van der Waals surface area contributed by atoms with E-state index in [1.54, 1.807) is 12.1 Å². The van der Waals surface area contributed by atoms with Gasteiger partial charge in [0.25, 0.3) is 5.91 Å². The molecule has 2 aromatic carbocycles. The molecule has 1 aliphatic rings. The van der Waals surface area contributed by atoms with Gasteiger partial charge in [0.2, 0.25) is 0 Å². The van der Waals surface area contributed by atoms with Crippen molar-refractivity contribution in [2.24, 2.45) is 0 Å². The second-order valence-corrected chi connectivity index (χ2v) is 6.60. The lowest BCUT2D eigenvalue weighted by Gasteiger charge is -2.40. The Hall–Kier alpha value is -2.66. The van der Waals surface area contributed by atoms with Gasteiger partial charge in [-0.2, -0.15) is 0 Å². The van der Waals surface area contributed by atoms with Gasteiger partial charge in [-0.1, -0.05) is 30.3 Å². The Kier molecular flexibility index (Phi) is 4.01. The molecule has 128 valence electrons. The van der Waals surface area contributed by atoms with Crippen molar-refractivity contribution < 1.29 is 9.18 Å². The van der Waals surface area contributed by atoms with Gasteiger partial charge in [0.15, 0.2) is 0 Å². The fourth-order valence-corrected chi connectivity index (χ4v) is 3.50. The van der Waals surface area contributed by atoms with E-state index in [0.29, 0.717) is 17.6 Å². The van der Waals surface area contributed by atoms with Crippen LogP contribution in [0.2, 0.25) is 0 Å². The summed E-state index contributed by atoms with van der Waals surface area (Å²) in [6.45, 7) is 2.30. The Bertz CT molecular complexity index is 906. The lowest BCUT2D eigenvalue weighted by atomic mass is 10.0. The maximum Gasteiger partial charge on any atom is 0.270 e. The number of piperazine rings is 1. The third kappa shape index (κ3) is 3.03. The Morgan fingerprint density at radius 3 is 2.72 bits per heavy atom. The summed E-state index contributed by atoms with van der Waals surface area (Å²) in [6.07, 6.45) is 0. The fourth-order valence-electron chi connectivity index (χ4n) is 3.50. The van der Waals surface area contributed by atoms with Crippen molar-refractivity contribution >= 4 is 16.8 Å². The molecule has 1 saturated heterocycles. The predicted molar refractivity (Wildman–Crippen MR) is 96.0 cm³/mol. The standard InChI is InChI=1S/C20H20FN3O/c1-23-9-10-24(19(13-23)14-5-3-2-4-6-14)20(25)18-12-15-11-16(21)7-8-17(15)22-18/h2-8,11-12,19,22H,9-10,13H2,1H3. The van der Waals surface area contributed by atoms with E-state index in [1.165, 1.54) is 12.1 Å². The van der Waals surface area contributed by atoms with Crippen LogP contribution in [0, 0.1) is 5.82 Å². The summed E-state index contributed by atoms with van der Waals surface area (Å²) in [7, 11) is 2.07. The molecule has 4 rings (SSSR count). The zero-order chi connectivity index (χ0) is 17.4. The van der Waals surface area contributed by atoms with Crippen LogP contribution >= 0.6 is 0 Å². The number of rotatable bonds is 2. The summed E-state index contributed by atoms with van der Waals surface area (Å²) < 4.78 is 13.4. The Balaban J connectivity index is 1.68. The second-order valence-electron chi connectivity index (χ2n) is 6.60. The SMILES string of the molecule is CN1CCN(C(=O)c2cc3cc(F)ccc3[nH]2)C(c2ccccc2)C1. The molecule has 0 bridgehead atoms. The highest BCUT2D eigenvalue weighted by atomic mass is 19.1. The number of aromatic amines is 1. The quantitative estimate of drug-likeness (QED) is 0.778. The van der Waals surface area contributed by atoms with Crippen LogP contribution in [0.4, 0.5) is 4.39 Å². The van der Waals surface area contributed by atoms with Gasteiger partial charge in [-0.15, -0.1) is 0 Å². The molecular weight excluding hydrogens is 317 g/mol. The predicted octanol–water partition coefficient (Wildman–Crippen LogP) is 3.44. The van der Waals surface area contributed by atoms with Crippen LogP contribution in [0.5, 0.6) is 0 Å². The number of nitrogens with one attached hydrogen (secondary N) is 1. The molecule has 1 amide bonds. The molecule has 0 spiro atoms. The van der Waals surface area contributed by atoms with Crippen molar-refractivity contribution in [2.45, 2.75) is 6.04 Å². The van der Waals surface area contributed by atoms with E-state index in [2.05, 4.69) is 29.1 Å². The number of carbonyl (C=O) groups is 1. The maximum atomic E-state index is 13.4. The Morgan fingerprint density at radius 2 is 1.92 bits per heavy atom. The molecular formula is C20H20FN3O. The normalized spacial score (nSPS) is 18.6. The summed E-state index contributed by atoms with van der Waals surface area (Å²) in [4.78, 5) is 20.4. The van der Waals surface area contributed by atoms with Crippen LogP contribution in [0.1, 0.15) is 22.1 Å². The Morgan fingerprint density at radius 1 is 1.12 bits per heavy atom. The molecule has 4 nitrogen and oxygen atoms in total. The lowest BCUT2D eigenvalue weighted by molar-refractivity contribution is 0.0493. The molecule has 1 aliphatic heterocycles. The van der Waals surface area contributed by atoms with E-state index in [-0.39, 0.29) is 17.8 Å². The van der Waals surface area contributed by atoms with E-state index in [1.807, 2.05) is 23.1 Å². The van der Waals surface area contributed by atoms with Gasteiger partial charge >= 0.3 is 0 Å². The number of nitrogens with zero attached hydrogens (tertiary/aromatic N) is 2. The van der Waals surface area contributed by atoms with Gasteiger partial charge < -0.3 is 14.8 Å². The minimum absolute atomic E-state index is 0.00981. The second kappa shape index (κ2) is 6.33. The van der Waals surface area contributed by atoms with Crippen molar-refractivity contribution in [1.29, 1.82) is 0 Å². The van der Waals surface area contributed by atoms with E-state index in [9.17, 15) is 9.18 Å². The van der Waals surface area contributed by atoms with Gasteiger partial charge in [-0.25, -0.2) is 4.39 Å². The van der Waals surface area contributed by atoms with E-state index < -0.39 is 0 Å². The summed E-state index contributed by atoms with van der Waals surface area (Å²) in [5.74, 6) is -0.342. The molecule has 1 fully saturated rings. The molecule has 0 aliphatic carbocycles. The minimum Gasteiger partial charge on any atom is -0.351 e. The van der Waals surface area contributed by atoms with Crippen molar-refractivity contribution in [1.82, 2.24) is 14.8 Å². The third-order valence-electron chi connectivity index (χ3n) is 4.84. The first kappa shape index (κ1) is 15.8. The number of halogens is 1. The van der Waals surface area contributed by atoms with E-state index in [0.717, 1.165) is 24.2 Å². The molecule has 0 saturated carbocycles. The van der Waals surface area contributed by atoms with Gasteiger partial charge in [-0.05, 0) is 36.9 Å². The zero-order valence-corrected chi connectivity index (χ0v) is 14.1. The highest BCUT2D eigenvalue weighted by Crippen LogP contribution is 2.27. The fraction of sp³-hybridized carbons (Fsp3) is 0.250. The van der Waals surface area contributed by atoms with Crippen LogP contribution in [0.15, 0.2) is 54.6 Å². The molecule has 25 heavy (non-hydrogen) atoms. The molecule has 1 unspecified atom stereocenters. The maximum absolute atomic E-state index is 13.4. The van der Waals surface area contributed by atoms with Gasteiger partial charge in [0.1, 0.15) is 11.5 Å². The molecule has 1 aromatic heterocycles. The van der Waals surface area contributed by atoms with Gasteiger partial charge in [0, 0.05) is 30.5 Å². The lowest BCUT2D eigenvalue weighted by Crippen LogP contribution is -2.49. The molecule has 2 heterocycles. The summed E-state index contributed by atoms with van der Waals surface area (Å²) in [6, 6.07) is 16.4. The number of H-pyrrole nitrogens is 1. The first-order valence-electron chi connectivity index (χ1n) is 8.44. The molecule has 5 heteroatoms. The number of amides is 1. The first-order valence-corrected chi connectivity index (χ1v) is 8.44. The Labute approximate surface area is 145 Å². The number of likely N-dealkylation sites (N-methyl/N-ethyl adjacent to an activating group) is 1. The number of hydrogen-bond acceptors (Lipinski definition) is 2. The first-order chi connectivity index (χ1) is 12.1. The zero-order valence-electron chi connectivity index (χ0n) is 14.1. The van der Waals surface area contributed by atoms with Crippen molar-refractivity contribution in [3.63, 3.8) is 0 Å². The highest BCUT2D eigenvalue weighted by molar-refractivity contribution is 5.98. The number of aromatic nitrogens is 1. The van der Waals surface area contributed by atoms with Crippen LogP contribution in [-0.4, -0.2) is 47.4 Å². The number of hydrogen-bond donors (Lipinski definition) is 1. The molecule has 1 N–H and O–H groups in total. The summed E-state index contributed by atoms with van der Waals surface area (Å²) in [5.41, 5.74) is 2.41. The van der Waals surface area contributed by atoms with Gasteiger partial charge in [0.05, 0.1) is 6.04 Å². The van der Waals surface area contributed by atoms with Crippen LogP contribution < -0.4 is 0 Å². The largest absolute Gasteiger partial charge is 0.351 e. The third-order valence-corrected chi connectivity index (χ3v) is 4.84.